The van der Waals surface area contributed by atoms with Gasteiger partial charge in [-0.1, -0.05) is 41.9 Å². The van der Waals surface area contributed by atoms with Crippen LogP contribution in [-0.4, -0.2) is 5.78 Å². The number of nitrogen functional groups attached to an aromatic ring is 1. The van der Waals surface area contributed by atoms with E-state index in [1.165, 1.54) is 0 Å². The minimum atomic E-state index is 0.0218. The average Bonchev–Trinajstić information content (AvgIpc) is 2.29. The highest BCUT2D eigenvalue weighted by atomic mass is 35.5. The van der Waals surface area contributed by atoms with Gasteiger partial charge in [-0.25, -0.2) is 0 Å². The molecule has 0 amide bonds. The predicted molar refractivity (Wildman–Crippen MR) is 71.3 cm³/mol. The second-order valence-electron chi connectivity index (χ2n) is 3.84. The smallest absolute Gasteiger partial charge is 0.160 e. The molecule has 0 aromatic heterocycles. The number of halogens is 1. The Hall–Kier alpha value is -1.80. The Bertz CT molecular complexity index is 578. The molecule has 0 bridgehead atoms. The number of Topliss-reactive ketones (excluding diaryl/α,β-unsaturated/α-hetero) is 1. The first-order chi connectivity index (χ1) is 8.09. The van der Waals surface area contributed by atoms with E-state index in [-0.39, 0.29) is 5.78 Å². The monoisotopic (exact) mass is 245 g/mol. The maximum absolute atomic E-state index is 11.5. The molecule has 0 unspecified atom stereocenters. The molecule has 0 aliphatic rings. The van der Waals surface area contributed by atoms with Gasteiger partial charge in [0.2, 0.25) is 0 Å². The summed E-state index contributed by atoms with van der Waals surface area (Å²) in [5.41, 5.74) is 8.59. The van der Waals surface area contributed by atoms with Crippen LogP contribution in [0.1, 0.15) is 17.3 Å². The fraction of sp³-hybridized carbons (Fsp3) is 0.0714. The Morgan fingerprint density at radius 3 is 2.47 bits per heavy atom. The minimum Gasteiger partial charge on any atom is -0.399 e. The number of ketones is 1. The van der Waals surface area contributed by atoms with Crippen molar-refractivity contribution in [3.63, 3.8) is 0 Å². The number of benzene rings is 2. The predicted octanol–water partition coefficient (Wildman–Crippen LogP) is 3.79. The summed E-state index contributed by atoms with van der Waals surface area (Å²) in [7, 11) is 0. The van der Waals surface area contributed by atoms with Crippen LogP contribution >= 0.6 is 11.6 Å². The first-order valence-corrected chi connectivity index (χ1v) is 5.63. The van der Waals surface area contributed by atoms with Crippen molar-refractivity contribution in [1.29, 1.82) is 0 Å². The van der Waals surface area contributed by atoms with Gasteiger partial charge in [0, 0.05) is 16.8 Å². The van der Waals surface area contributed by atoms with Crippen LogP contribution in [0.4, 0.5) is 5.69 Å². The number of hydrogen-bond acceptors (Lipinski definition) is 2. The van der Waals surface area contributed by atoms with Gasteiger partial charge in [0.1, 0.15) is 0 Å². The quantitative estimate of drug-likeness (QED) is 0.646. The Kier molecular flexibility index (Phi) is 3.16. The van der Waals surface area contributed by atoms with Crippen molar-refractivity contribution in [2.45, 2.75) is 6.92 Å². The third kappa shape index (κ3) is 2.32. The number of carbonyl (C=O) groups excluding carboxylic acids is 1. The van der Waals surface area contributed by atoms with Crippen molar-refractivity contribution < 1.29 is 4.79 Å². The summed E-state index contributed by atoms with van der Waals surface area (Å²) in [5.74, 6) is 0.0218. The lowest BCUT2D eigenvalue weighted by Crippen LogP contribution is -1.96. The van der Waals surface area contributed by atoms with Crippen LogP contribution in [0.5, 0.6) is 0 Å². The molecule has 0 saturated carbocycles. The summed E-state index contributed by atoms with van der Waals surface area (Å²) in [6.07, 6.45) is 0. The molecule has 0 saturated heterocycles. The van der Waals surface area contributed by atoms with E-state index in [2.05, 4.69) is 0 Å². The van der Waals surface area contributed by atoms with E-state index in [1.54, 1.807) is 25.1 Å². The second-order valence-corrected chi connectivity index (χ2v) is 4.25. The highest BCUT2D eigenvalue weighted by molar-refractivity contribution is 6.33. The molecule has 17 heavy (non-hydrogen) atoms. The largest absolute Gasteiger partial charge is 0.399 e. The topological polar surface area (TPSA) is 43.1 Å². The molecule has 0 spiro atoms. The van der Waals surface area contributed by atoms with Gasteiger partial charge in [0.25, 0.3) is 0 Å². The SMILES string of the molecule is CC(=O)c1ccccc1-c1ccc(N)cc1Cl. The van der Waals surface area contributed by atoms with Gasteiger partial charge in [-0.05, 0) is 24.6 Å². The zero-order valence-corrected chi connectivity index (χ0v) is 10.2. The lowest BCUT2D eigenvalue weighted by molar-refractivity contribution is 0.101. The maximum Gasteiger partial charge on any atom is 0.160 e. The van der Waals surface area contributed by atoms with Crippen LogP contribution in [0.3, 0.4) is 0 Å². The number of anilines is 1. The summed E-state index contributed by atoms with van der Waals surface area (Å²) in [6, 6.07) is 12.7. The van der Waals surface area contributed by atoms with Crippen molar-refractivity contribution >= 4 is 23.1 Å². The molecule has 0 atom stereocenters. The molecule has 2 rings (SSSR count). The Balaban J connectivity index is 2.64. The maximum atomic E-state index is 11.5. The summed E-state index contributed by atoms with van der Waals surface area (Å²) >= 11 is 6.15. The molecule has 86 valence electrons. The number of hydrogen-bond donors (Lipinski definition) is 1. The molecule has 0 radical (unpaired) electrons. The Labute approximate surface area is 105 Å². The summed E-state index contributed by atoms with van der Waals surface area (Å²) in [5, 5.41) is 0.554. The summed E-state index contributed by atoms with van der Waals surface area (Å²) in [6.45, 7) is 1.55. The molecular weight excluding hydrogens is 234 g/mol. The third-order valence-corrected chi connectivity index (χ3v) is 2.90. The molecular formula is C14H12ClNO. The van der Waals surface area contributed by atoms with Gasteiger partial charge in [0.15, 0.2) is 5.78 Å². The van der Waals surface area contributed by atoms with E-state index in [0.717, 1.165) is 11.1 Å². The zero-order chi connectivity index (χ0) is 12.4. The van der Waals surface area contributed by atoms with Crippen LogP contribution in [0.15, 0.2) is 42.5 Å². The van der Waals surface area contributed by atoms with Crippen molar-refractivity contribution in [3.05, 3.63) is 53.1 Å². The number of nitrogens with two attached hydrogens (primary N) is 1. The van der Waals surface area contributed by atoms with Crippen molar-refractivity contribution in [1.82, 2.24) is 0 Å². The standard InChI is InChI=1S/C14H12ClNO/c1-9(17)11-4-2-3-5-12(11)13-7-6-10(16)8-14(13)15/h2-8H,16H2,1H3. The van der Waals surface area contributed by atoms with E-state index in [4.69, 9.17) is 17.3 Å². The fourth-order valence-corrected chi connectivity index (χ4v) is 2.07. The van der Waals surface area contributed by atoms with E-state index < -0.39 is 0 Å². The molecule has 0 fully saturated rings. The van der Waals surface area contributed by atoms with Crippen LogP contribution in [-0.2, 0) is 0 Å². The summed E-state index contributed by atoms with van der Waals surface area (Å²) < 4.78 is 0. The molecule has 2 N–H and O–H groups in total. The van der Waals surface area contributed by atoms with Gasteiger partial charge in [-0.3, -0.25) is 4.79 Å². The highest BCUT2D eigenvalue weighted by Crippen LogP contribution is 2.31. The molecule has 2 aromatic carbocycles. The van der Waals surface area contributed by atoms with Gasteiger partial charge in [0.05, 0.1) is 5.02 Å². The second kappa shape index (κ2) is 4.60. The summed E-state index contributed by atoms with van der Waals surface area (Å²) in [4.78, 5) is 11.5. The Morgan fingerprint density at radius 1 is 1.12 bits per heavy atom. The van der Waals surface area contributed by atoms with Crippen LogP contribution in [0.25, 0.3) is 11.1 Å². The van der Waals surface area contributed by atoms with Gasteiger partial charge >= 0.3 is 0 Å². The lowest BCUT2D eigenvalue weighted by Gasteiger charge is -2.09. The average molecular weight is 246 g/mol. The van der Waals surface area contributed by atoms with E-state index in [0.29, 0.717) is 16.3 Å². The Morgan fingerprint density at radius 2 is 1.82 bits per heavy atom. The first-order valence-electron chi connectivity index (χ1n) is 5.25. The minimum absolute atomic E-state index is 0.0218. The molecule has 2 aromatic rings. The molecule has 0 aliphatic carbocycles. The number of rotatable bonds is 2. The van der Waals surface area contributed by atoms with Crippen molar-refractivity contribution in [3.8, 4) is 11.1 Å². The molecule has 0 heterocycles. The fourth-order valence-electron chi connectivity index (χ4n) is 1.77. The van der Waals surface area contributed by atoms with E-state index >= 15 is 0 Å². The van der Waals surface area contributed by atoms with Crippen molar-refractivity contribution in [2.24, 2.45) is 0 Å². The zero-order valence-electron chi connectivity index (χ0n) is 9.41. The lowest BCUT2D eigenvalue weighted by atomic mass is 9.97. The molecule has 2 nitrogen and oxygen atoms in total. The van der Waals surface area contributed by atoms with E-state index in [1.807, 2.05) is 24.3 Å². The van der Waals surface area contributed by atoms with Gasteiger partial charge in [-0.15, -0.1) is 0 Å². The molecule has 3 heteroatoms. The normalized spacial score (nSPS) is 10.2. The van der Waals surface area contributed by atoms with E-state index in [9.17, 15) is 4.79 Å². The highest BCUT2D eigenvalue weighted by Gasteiger charge is 2.11. The molecule has 0 aliphatic heterocycles. The number of carbonyl (C=O) groups is 1. The van der Waals surface area contributed by atoms with Gasteiger partial charge in [-0.2, -0.15) is 0 Å². The van der Waals surface area contributed by atoms with Crippen molar-refractivity contribution in [2.75, 3.05) is 5.73 Å². The van der Waals surface area contributed by atoms with Gasteiger partial charge < -0.3 is 5.73 Å². The van der Waals surface area contributed by atoms with Crippen LogP contribution < -0.4 is 5.73 Å². The third-order valence-electron chi connectivity index (χ3n) is 2.59. The van der Waals surface area contributed by atoms with Crippen LogP contribution in [0, 0.1) is 0 Å². The first kappa shape index (κ1) is 11.7. The van der Waals surface area contributed by atoms with Crippen LogP contribution in [0.2, 0.25) is 5.02 Å².